The van der Waals surface area contributed by atoms with Gasteiger partial charge in [0.05, 0.1) is 12.7 Å². The molecule has 29 heavy (non-hydrogen) atoms. The van der Waals surface area contributed by atoms with Gasteiger partial charge in [-0.05, 0) is 57.4 Å². The molecule has 0 spiro atoms. The van der Waals surface area contributed by atoms with Crippen molar-refractivity contribution >= 4 is 29.9 Å². The summed E-state index contributed by atoms with van der Waals surface area (Å²) in [5, 5.41) is 7.10. The molecule has 1 aromatic rings. The van der Waals surface area contributed by atoms with Gasteiger partial charge in [0.25, 0.3) is 0 Å². The monoisotopic (exact) mass is 514 g/mol. The summed E-state index contributed by atoms with van der Waals surface area (Å²) in [5.74, 6) is 2.38. The first-order valence-corrected chi connectivity index (χ1v) is 11.1. The summed E-state index contributed by atoms with van der Waals surface area (Å²) in [5.41, 5.74) is 1.47. The van der Waals surface area contributed by atoms with Gasteiger partial charge in [0.1, 0.15) is 0 Å². The Morgan fingerprint density at radius 2 is 1.93 bits per heavy atom. The number of aliphatic imine (C=N–C) groups is 1. The Kier molecular flexibility index (Phi) is 10.7. The Labute approximate surface area is 194 Å². The van der Waals surface area contributed by atoms with Gasteiger partial charge in [-0.1, -0.05) is 30.3 Å². The van der Waals surface area contributed by atoms with E-state index in [9.17, 15) is 0 Å². The van der Waals surface area contributed by atoms with Gasteiger partial charge in [-0.25, -0.2) is 0 Å². The Morgan fingerprint density at radius 3 is 2.59 bits per heavy atom. The average Bonchev–Trinajstić information content (AvgIpc) is 3.48. The standard InChI is InChI=1S/C23H38N4O.HI/c1-4-24-23(25-17-20-16-22(20)19-8-6-5-7-9-19)26-21-10-12-27(13-11-21)14-15-28-18(2)3;/h5-9,18,20-22H,4,10-17H2,1-3H3,(H2,24,25,26);1H. The van der Waals surface area contributed by atoms with Crippen LogP contribution in [0.25, 0.3) is 0 Å². The molecule has 6 heteroatoms. The Morgan fingerprint density at radius 1 is 1.21 bits per heavy atom. The van der Waals surface area contributed by atoms with Crippen molar-refractivity contribution in [1.29, 1.82) is 0 Å². The second kappa shape index (κ2) is 12.7. The second-order valence-corrected chi connectivity index (χ2v) is 8.41. The molecule has 2 fully saturated rings. The van der Waals surface area contributed by atoms with E-state index in [0.29, 0.717) is 24.0 Å². The zero-order valence-electron chi connectivity index (χ0n) is 18.3. The van der Waals surface area contributed by atoms with Crippen LogP contribution in [0.3, 0.4) is 0 Å². The fourth-order valence-corrected chi connectivity index (χ4v) is 4.00. The highest BCUT2D eigenvalue weighted by molar-refractivity contribution is 14.0. The van der Waals surface area contributed by atoms with Crippen LogP contribution in [-0.2, 0) is 4.74 Å². The van der Waals surface area contributed by atoms with Gasteiger partial charge < -0.3 is 20.3 Å². The molecule has 0 amide bonds. The van der Waals surface area contributed by atoms with Crippen molar-refractivity contribution in [3.05, 3.63) is 35.9 Å². The number of guanidine groups is 1. The zero-order valence-corrected chi connectivity index (χ0v) is 20.6. The predicted octanol–water partition coefficient (Wildman–Crippen LogP) is 3.85. The van der Waals surface area contributed by atoms with E-state index >= 15 is 0 Å². The van der Waals surface area contributed by atoms with E-state index in [1.54, 1.807) is 0 Å². The van der Waals surface area contributed by atoms with Crippen molar-refractivity contribution in [2.45, 2.75) is 58.1 Å². The van der Waals surface area contributed by atoms with Crippen molar-refractivity contribution in [3.63, 3.8) is 0 Å². The smallest absolute Gasteiger partial charge is 0.191 e. The molecule has 1 saturated carbocycles. The lowest BCUT2D eigenvalue weighted by atomic mass is 10.1. The number of hydrogen-bond acceptors (Lipinski definition) is 3. The minimum atomic E-state index is 0. The molecule has 1 aromatic carbocycles. The zero-order chi connectivity index (χ0) is 19.8. The maximum Gasteiger partial charge on any atom is 0.191 e. The third-order valence-electron chi connectivity index (χ3n) is 5.77. The molecular formula is C23H39IN4O. The van der Waals surface area contributed by atoms with Crippen LogP contribution >= 0.6 is 24.0 Å². The van der Waals surface area contributed by atoms with Crippen molar-refractivity contribution in [1.82, 2.24) is 15.5 Å². The van der Waals surface area contributed by atoms with Gasteiger partial charge in [-0.3, -0.25) is 4.99 Å². The summed E-state index contributed by atoms with van der Waals surface area (Å²) < 4.78 is 5.68. The summed E-state index contributed by atoms with van der Waals surface area (Å²) in [4.78, 5) is 7.41. The first-order valence-electron chi connectivity index (χ1n) is 11.1. The van der Waals surface area contributed by atoms with Crippen LogP contribution in [0.5, 0.6) is 0 Å². The topological polar surface area (TPSA) is 48.9 Å². The SMILES string of the molecule is CCNC(=NCC1CC1c1ccccc1)NC1CCN(CCOC(C)C)CC1.I. The number of likely N-dealkylation sites (tertiary alicyclic amines) is 1. The highest BCUT2D eigenvalue weighted by Gasteiger charge is 2.37. The lowest BCUT2D eigenvalue weighted by molar-refractivity contribution is 0.0532. The number of rotatable bonds is 9. The normalized spacial score (nSPS) is 23.0. The van der Waals surface area contributed by atoms with Gasteiger partial charge in [0.2, 0.25) is 0 Å². The average molecular weight is 514 g/mol. The maximum atomic E-state index is 5.68. The van der Waals surface area contributed by atoms with E-state index in [2.05, 4.69) is 66.6 Å². The highest BCUT2D eigenvalue weighted by atomic mass is 127. The predicted molar refractivity (Wildman–Crippen MR) is 132 cm³/mol. The van der Waals surface area contributed by atoms with E-state index in [0.717, 1.165) is 45.3 Å². The van der Waals surface area contributed by atoms with Crippen molar-refractivity contribution in [2.75, 3.05) is 39.3 Å². The third-order valence-corrected chi connectivity index (χ3v) is 5.77. The number of piperidine rings is 1. The molecule has 5 nitrogen and oxygen atoms in total. The number of halogens is 1. The lowest BCUT2D eigenvalue weighted by Gasteiger charge is -2.33. The minimum Gasteiger partial charge on any atom is -0.377 e. The van der Waals surface area contributed by atoms with Crippen molar-refractivity contribution in [3.8, 4) is 0 Å². The summed E-state index contributed by atoms with van der Waals surface area (Å²) in [7, 11) is 0. The summed E-state index contributed by atoms with van der Waals surface area (Å²) in [6.07, 6.45) is 3.93. The van der Waals surface area contributed by atoms with Crippen LogP contribution in [0.15, 0.2) is 35.3 Å². The van der Waals surface area contributed by atoms with E-state index in [1.807, 2.05) is 0 Å². The van der Waals surface area contributed by atoms with Crippen LogP contribution < -0.4 is 10.6 Å². The Balaban J connectivity index is 0.00000300. The largest absolute Gasteiger partial charge is 0.377 e. The van der Waals surface area contributed by atoms with E-state index in [-0.39, 0.29) is 24.0 Å². The number of ether oxygens (including phenoxy) is 1. The maximum absolute atomic E-state index is 5.68. The van der Waals surface area contributed by atoms with Crippen molar-refractivity contribution in [2.24, 2.45) is 10.9 Å². The number of nitrogens with zero attached hydrogens (tertiary/aromatic N) is 2. The van der Waals surface area contributed by atoms with E-state index in [1.165, 1.54) is 24.8 Å². The Bertz CT molecular complexity index is 602. The number of nitrogens with one attached hydrogen (secondary N) is 2. The van der Waals surface area contributed by atoms with Crippen LogP contribution in [0.4, 0.5) is 0 Å². The van der Waals surface area contributed by atoms with Crippen LogP contribution in [0.1, 0.15) is 51.5 Å². The van der Waals surface area contributed by atoms with Crippen LogP contribution in [0.2, 0.25) is 0 Å². The van der Waals surface area contributed by atoms with Crippen molar-refractivity contribution < 1.29 is 4.74 Å². The van der Waals surface area contributed by atoms with Gasteiger partial charge in [0.15, 0.2) is 5.96 Å². The highest BCUT2D eigenvalue weighted by Crippen LogP contribution is 2.47. The fourth-order valence-electron chi connectivity index (χ4n) is 4.00. The molecular weight excluding hydrogens is 475 g/mol. The second-order valence-electron chi connectivity index (χ2n) is 8.41. The van der Waals surface area contributed by atoms with Gasteiger partial charge in [0, 0.05) is 38.8 Å². The fraction of sp³-hybridized carbons (Fsp3) is 0.696. The molecule has 1 aliphatic heterocycles. The minimum absolute atomic E-state index is 0. The summed E-state index contributed by atoms with van der Waals surface area (Å²) in [6.45, 7) is 12.3. The first kappa shape index (κ1) is 24.4. The molecule has 2 unspecified atom stereocenters. The third kappa shape index (κ3) is 8.42. The lowest BCUT2D eigenvalue weighted by Crippen LogP contribution is -2.49. The molecule has 1 aliphatic carbocycles. The molecule has 1 heterocycles. The first-order chi connectivity index (χ1) is 13.7. The van der Waals surface area contributed by atoms with Gasteiger partial charge in [-0.2, -0.15) is 0 Å². The van der Waals surface area contributed by atoms with E-state index < -0.39 is 0 Å². The quantitative estimate of drug-likeness (QED) is 0.299. The molecule has 2 atom stereocenters. The molecule has 2 N–H and O–H groups in total. The molecule has 3 rings (SSSR count). The summed E-state index contributed by atoms with van der Waals surface area (Å²) in [6, 6.07) is 11.4. The summed E-state index contributed by atoms with van der Waals surface area (Å²) >= 11 is 0. The molecule has 164 valence electrons. The van der Waals surface area contributed by atoms with E-state index in [4.69, 9.17) is 9.73 Å². The number of hydrogen-bond donors (Lipinski definition) is 2. The van der Waals surface area contributed by atoms with Crippen LogP contribution in [-0.4, -0.2) is 62.3 Å². The van der Waals surface area contributed by atoms with Gasteiger partial charge >= 0.3 is 0 Å². The molecule has 1 saturated heterocycles. The molecule has 0 aromatic heterocycles. The molecule has 0 bridgehead atoms. The van der Waals surface area contributed by atoms with Gasteiger partial charge in [-0.15, -0.1) is 24.0 Å². The molecule has 2 aliphatic rings. The van der Waals surface area contributed by atoms with Crippen LogP contribution in [0, 0.1) is 5.92 Å². The Hall–Kier alpha value is -0.860. The molecule has 0 radical (unpaired) electrons. The number of benzene rings is 1.